The van der Waals surface area contributed by atoms with Gasteiger partial charge in [0.1, 0.15) is 24.8 Å². The number of ether oxygens (including phenoxy) is 1. The Morgan fingerprint density at radius 3 is 2.08 bits per heavy atom. The Morgan fingerprint density at radius 1 is 0.917 bits per heavy atom. The number of aliphatic carboxylic acids is 1. The lowest BCUT2D eigenvalue weighted by molar-refractivity contribution is -0.192. The van der Waals surface area contributed by atoms with E-state index in [1.807, 2.05) is 55.7 Å². The van der Waals surface area contributed by atoms with Crippen LogP contribution in [0, 0.1) is 17.0 Å². The van der Waals surface area contributed by atoms with Gasteiger partial charge in [-0.2, -0.15) is 13.2 Å². The van der Waals surface area contributed by atoms with E-state index in [0.29, 0.717) is 17.8 Å². The summed E-state index contributed by atoms with van der Waals surface area (Å²) in [6.45, 7) is 5.36. The summed E-state index contributed by atoms with van der Waals surface area (Å²) in [5.41, 5.74) is 7.61. The van der Waals surface area contributed by atoms with Crippen LogP contribution in [0.15, 0.2) is 72.9 Å². The Bertz CT molecular complexity index is 2000. The molecule has 0 fully saturated rings. The molecule has 0 radical (unpaired) electrons. The van der Waals surface area contributed by atoms with Crippen molar-refractivity contribution in [2.45, 2.75) is 52.0 Å². The number of hydrogen-bond donors (Lipinski definition) is 5. The van der Waals surface area contributed by atoms with Crippen LogP contribution in [0.25, 0.3) is 11.1 Å². The van der Waals surface area contributed by atoms with Crippen LogP contribution in [0.5, 0.6) is 0 Å². The van der Waals surface area contributed by atoms with Crippen molar-refractivity contribution < 1.29 is 65.7 Å². The van der Waals surface area contributed by atoms with Gasteiger partial charge in [-0.15, -0.1) is 0 Å². The molecule has 1 aliphatic heterocycles. The minimum atomic E-state index is -5.08. The van der Waals surface area contributed by atoms with Gasteiger partial charge in [-0.25, -0.2) is 13.6 Å². The van der Waals surface area contributed by atoms with E-state index in [2.05, 4.69) is 10.6 Å². The SMILES string of the molecule is CC(C)(C)[C@H](c1cc(-c2cc(F)ccc2F)cn1Cc1ccccc1)N(CC[C@H](N)C(=O)NCCOCCNC(=O)CN1C(=O)C=CC1=O)C(=O)CO.O=C(O)C(F)(F)F. The van der Waals surface area contributed by atoms with E-state index in [0.717, 1.165) is 40.8 Å². The number of aliphatic hydroxyl groups excluding tert-OH is 1. The molecular weight excluding hydrogens is 803 g/mol. The topological polar surface area (TPSA) is 214 Å². The molecule has 326 valence electrons. The third-order valence-electron chi connectivity index (χ3n) is 8.81. The van der Waals surface area contributed by atoms with Gasteiger partial charge >= 0.3 is 12.1 Å². The van der Waals surface area contributed by atoms with Crippen molar-refractivity contribution in [3.8, 4) is 11.1 Å². The lowest BCUT2D eigenvalue weighted by atomic mass is 9.82. The molecule has 0 saturated carbocycles. The van der Waals surface area contributed by atoms with Crippen LogP contribution in [0.2, 0.25) is 0 Å². The summed E-state index contributed by atoms with van der Waals surface area (Å²) in [5.74, 6) is -6.69. The zero-order valence-corrected chi connectivity index (χ0v) is 33.0. The maximum absolute atomic E-state index is 15.0. The highest BCUT2D eigenvalue weighted by molar-refractivity contribution is 6.14. The van der Waals surface area contributed by atoms with Crippen LogP contribution in [-0.4, -0.2) is 118 Å². The molecule has 2 aromatic carbocycles. The first-order valence-electron chi connectivity index (χ1n) is 18.4. The Kier molecular flexibility index (Phi) is 17.6. The number of carboxylic acid groups (broad SMARTS) is 1. The minimum absolute atomic E-state index is 0.00300. The highest BCUT2D eigenvalue weighted by Crippen LogP contribution is 2.41. The molecule has 0 bridgehead atoms. The summed E-state index contributed by atoms with van der Waals surface area (Å²) in [5, 5.41) is 22.4. The lowest BCUT2D eigenvalue weighted by Gasteiger charge is -2.41. The fourth-order valence-electron chi connectivity index (χ4n) is 6.04. The van der Waals surface area contributed by atoms with Crippen LogP contribution in [0.4, 0.5) is 22.0 Å². The summed E-state index contributed by atoms with van der Waals surface area (Å²) in [6, 6.07) is 12.7. The number of nitrogens with zero attached hydrogens (tertiary/aromatic N) is 3. The van der Waals surface area contributed by atoms with Gasteiger partial charge in [-0.3, -0.25) is 28.9 Å². The second-order valence-electron chi connectivity index (χ2n) is 14.5. The summed E-state index contributed by atoms with van der Waals surface area (Å²) >= 11 is 0. The van der Waals surface area contributed by atoms with Crippen LogP contribution >= 0.6 is 0 Å². The maximum Gasteiger partial charge on any atom is 0.490 e. The van der Waals surface area contributed by atoms with E-state index in [9.17, 15) is 51.0 Å². The Balaban J connectivity index is 0.00000126. The molecular formula is C40H47F5N6O9. The quantitative estimate of drug-likeness (QED) is 0.0718. The molecule has 2 heterocycles. The first-order valence-corrected chi connectivity index (χ1v) is 18.4. The molecule has 0 aliphatic carbocycles. The number of carbonyl (C=O) groups excluding carboxylic acids is 5. The van der Waals surface area contributed by atoms with E-state index in [-0.39, 0.29) is 44.8 Å². The number of alkyl halides is 3. The zero-order chi connectivity index (χ0) is 44.8. The fraction of sp³-hybridized carbons (Fsp3) is 0.400. The average Bonchev–Trinajstić information content (AvgIpc) is 3.73. The van der Waals surface area contributed by atoms with Crippen LogP contribution in [0.1, 0.15) is 44.5 Å². The third-order valence-corrected chi connectivity index (χ3v) is 8.81. The predicted molar refractivity (Wildman–Crippen MR) is 205 cm³/mol. The van der Waals surface area contributed by atoms with Gasteiger partial charge in [0.2, 0.25) is 17.7 Å². The van der Waals surface area contributed by atoms with Gasteiger partial charge < -0.3 is 40.8 Å². The summed E-state index contributed by atoms with van der Waals surface area (Å²) in [4.78, 5) is 72.6. The van der Waals surface area contributed by atoms with E-state index >= 15 is 0 Å². The molecule has 1 aliphatic rings. The van der Waals surface area contributed by atoms with Gasteiger partial charge in [0.15, 0.2) is 0 Å². The van der Waals surface area contributed by atoms with Crippen molar-refractivity contribution in [1.29, 1.82) is 0 Å². The fourth-order valence-corrected chi connectivity index (χ4v) is 6.04. The Morgan fingerprint density at radius 2 is 1.52 bits per heavy atom. The summed E-state index contributed by atoms with van der Waals surface area (Å²) < 4.78 is 68.3. The van der Waals surface area contributed by atoms with Crippen molar-refractivity contribution in [3.63, 3.8) is 0 Å². The molecule has 1 aromatic heterocycles. The van der Waals surface area contributed by atoms with Crippen LogP contribution in [-0.2, 0) is 40.0 Å². The number of carboxylic acids is 1. The third kappa shape index (κ3) is 14.4. The van der Waals surface area contributed by atoms with Crippen LogP contribution < -0.4 is 16.4 Å². The molecule has 5 amide bonds. The van der Waals surface area contributed by atoms with E-state index < -0.39 is 84.0 Å². The van der Waals surface area contributed by atoms with Crippen molar-refractivity contribution >= 4 is 35.5 Å². The predicted octanol–water partition coefficient (Wildman–Crippen LogP) is 2.91. The zero-order valence-electron chi connectivity index (χ0n) is 33.0. The van der Waals surface area contributed by atoms with Crippen molar-refractivity contribution in [2.75, 3.05) is 46.0 Å². The number of hydrogen-bond acceptors (Lipinski definition) is 9. The van der Waals surface area contributed by atoms with Gasteiger partial charge in [-0.05, 0) is 41.7 Å². The van der Waals surface area contributed by atoms with Crippen molar-refractivity contribution in [2.24, 2.45) is 11.1 Å². The normalized spacial score (nSPS) is 13.7. The standard InChI is InChI=1S/C38H46F2N6O7.C2HF3O2/c1-38(2,3)36(31-19-26(28-20-27(39)9-10-29(28)40)22-44(31)21-25-7-5-4-6-8-25)45(35(51)24-47)16-13-30(41)37(52)43-15-18-53-17-14-42-32(48)23-46-33(49)11-12-34(46)50;3-2(4,5)1(6)7/h4-12,19-20,22,30,36,47H,13-18,21,23-24,41H2,1-3H3,(H,42,48)(H,43,52);(H,6,7)/t30-,36-;/m0./s1. The molecule has 3 aromatic rings. The van der Waals surface area contributed by atoms with E-state index in [4.69, 9.17) is 20.4 Å². The number of imide groups is 1. The first-order chi connectivity index (χ1) is 28.1. The average molecular weight is 851 g/mol. The molecule has 4 rings (SSSR count). The number of halogens is 5. The highest BCUT2D eigenvalue weighted by atomic mass is 19.4. The molecule has 15 nitrogen and oxygen atoms in total. The van der Waals surface area contributed by atoms with Crippen molar-refractivity contribution in [1.82, 2.24) is 25.0 Å². The largest absolute Gasteiger partial charge is 0.490 e. The molecule has 20 heteroatoms. The minimum Gasteiger partial charge on any atom is -0.475 e. The Labute approximate surface area is 341 Å². The number of carbonyl (C=O) groups is 6. The number of aliphatic hydroxyl groups is 1. The van der Waals surface area contributed by atoms with Gasteiger partial charge in [-0.1, -0.05) is 51.1 Å². The molecule has 0 unspecified atom stereocenters. The number of nitrogens with two attached hydrogens (primary N) is 1. The lowest BCUT2D eigenvalue weighted by Crippen LogP contribution is -2.48. The Hall–Kier alpha value is -5.99. The number of rotatable bonds is 18. The number of amides is 5. The monoisotopic (exact) mass is 850 g/mol. The smallest absolute Gasteiger partial charge is 0.475 e. The maximum atomic E-state index is 15.0. The molecule has 6 N–H and O–H groups in total. The molecule has 0 spiro atoms. The van der Waals surface area contributed by atoms with Gasteiger partial charge in [0, 0.05) is 61.3 Å². The molecule has 2 atom stereocenters. The van der Waals surface area contributed by atoms with Crippen LogP contribution in [0.3, 0.4) is 0 Å². The second kappa shape index (κ2) is 21.9. The van der Waals surface area contributed by atoms with Gasteiger partial charge in [0.05, 0.1) is 25.3 Å². The second-order valence-corrected chi connectivity index (χ2v) is 14.5. The number of aromatic nitrogens is 1. The van der Waals surface area contributed by atoms with E-state index in [1.54, 1.807) is 12.3 Å². The van der Waals surface area contributed by atoms with Gasteiger partial charge in [0.25, 0.3) is 11.8 Å². The molecule has 0 saturated heterocycles. The first kappa shape index (κ1) is 48.4. The summed E-state index contributed by atoms with van der Waals surface area (Å²) in [7, 11) is 0. The highest BCUT2D eigenvalue weighted by Gasteiger charge is 2.39. The van der Waals surface area contributed by atoms with Crippen molar-refractivity contribution in [3.05, 3.63) is 95.8 Å². The van der Waals surface area contributed by atoms with E-state index in [1.165, 1.54) is 4.90 Å². The number of nitrogens with one attached hydrogen (secondary N) is 2. The summed E-state index contributed by atoms with van der Waals surface area (Å²) in [6.07, 6.45) is -1.14. The number of benzene rings is 2. The molecule has 60 heavy (non-hydrogen) atoms.